The Morgan fingerprint density at radius 2 is 2.00 bits per heavy atom. The Morgan fingerprint density at radius 3 is 2.73 bits per heavy atom. The lowest BCUT2D eigenvalue weighted by Crippen LogP contribution is -2.12. The van der Waals surface area contributed by atoms with Gasteiger partial charge in [-0.15, -0.1) is 0 Å². The van der Waals surface area contributed by atoms with Crippen LogP contribution < -0.4 is 5.32 Å². The van der Waals surface area contributed by atoms with Crippen molar-refractivity contribution in [3.05, 3.63) is 57.3 Å². The van der Waals surface area contributed by atoms with Gasteiger partial charge in [0.15, 0.2) is 5.13 Å². The van der Waals surface area contributed by atoms with Crippen molar-refractivity contribution >= 4 is 55.8 Å². The molecule has 112 valence electrons. The predicted molar refractivity (Wildman–Crippen MR) is 88.7 cm³/mol. The Balaban J connectivity index is 1.92. The van der Waals surface area contributed by atoms with E-state index in [1.807, 2.05) is 13.0 Å². The molecule has 1 heterocycles. The first kappa shape index (κ1) is 15.2. The Labute approximate surface area is 139 Å². The van der Waals surface area contributed by atoms with E-state index in [0.717, 1.165) is 21.8 Å². The summed E-state index contributed by atoms with van der Waals surface area (Å²) < 4.78 is 13.9. The normalized spacial score (nSPS) is 10.9. The van der Waals surface area contributed by atoms with E-state index in [1.54, 1.807) is 6.07 Å². The number of anilines is 1. The maximum absolute atomic E-state index is 13.0. The fourth-order valence-corrected chi connectivity index (χ4v) is 3.32. The van der Waals surface area contributed by atoms with Gasteiger partial charge in [0.1, 0.15) is 5.82 Å². The lowest BCUT2D eigenvalue weighted by atomic mass is 10.2. The minimum atomic E-state index is -0.494. The van der Waals surface area contributed by atoms with Crippen molar-refractivity contribution in [3.8, 4) is 0 Å². The summed E-state index contributed by atoms with van der Waals surface area (Å²) in [6.45, 7) is 1.87. The third kappa shape index (κ3) is 2.79. The zero-order valence-corrected chi connectivity index (χ0v) is 13.6. The number of rotatable bonds is 2. The van der Waals surface area contributed by atoms with Crippen molar-refractivity contribution in [2.24, 2.45) is 0 Å². The molecule has 3 rings (SSSR count). The van der Waals surface area contributed by atoms with E-state index in [2.05, 4.69) is 10.3 Å². The van der Waals surface area contributed by atoms with Crippen LogP contribution in [0.5, 0.6) is 0 Å². The largest absolute Gasteiger partial charge is 0.298 e. The molecule has 0 radical (unpaired) electrons. The molecule has 22 heavy (non-hydrogen) atoms. The molecule has 0 atom stereocenters. The number of halogens is 3. The summed E-state index contributed by atoms with van der Waals surface area (Å²) in [5.74, 6) is -0.931. The van der Waals surface area contributed by atoms with Gasteiger partial charge in [0.25, 0.3) is 5.91 Å². The number of benzene rings is 2. The molecule has 1 amide bonds. The van der Waals surface area contributed by atoms with E-state index < -0.39 is 11.7 Å². The quantitative estimate of drug-likeness (QED) is 0.678. The summed E-state index contributed by atoms with van der Waals surface area (Å²) in [5.41, 5.74) is 1.80. The second kappa shape index (κ2) is 5.83. The van der Waals surface area contributed by atoms with Crippen LogP contribution >= 0.6 is 34.5 Å². The van der Waals surface area contributed by atoms with Crippen LogP contribution in [0.2, 0.25) is 10.0 Å². The van der Waals surface area contributed by atoms with Gasteiger partial charge in [-0.05, 0) is 42.8 Å². The van der Waals surface area contributed by atoms with Gasteiger partial charge in [-0.1, -0.05) is 34.5 Å². The molecule has 0 bridgehead atoms. The van der Waals surface area contributed by atoms with Gasteiger partial charge < -0.3 is 0 Å². The smallest absolute Gasteiger partial charge is 0.258 e. The molecule has 0 unspecified atom stereocenters. The predicted octanol–water partition coefficient (Wildman–Crippen LogP) is 5.30. The van der Waals surface area contributed by atoms with Crippen LogP contribution in [0.15, 0.2) is 30.3 Å². The first-order valence-corrected chi connectivity index (χ1v) is 7.85. The van der Waals surface area contributed by atoms with E-state index in [-0.39, 0.29) is 10.6 Å². The lowest BCUT2D eigenvalue weighted by Gasteiger charge is -2.03. The van der Waals surface area contributed by atoms with E-state index in [9.17, 15) is 9.18 Å². The van der Waals surface area contributed by atoms with E-state index in [1.165, 1.54) is 23.5 Å². The highest BCUT2D eigenvalue weighted by Gasteiger charge is 2.14. The van der Waals surface area contributed by atoms with Crippen molar-refractivity contribution in [1.29, 1.82) is 0 Å². The van der Waals surface area contributed by atoms with Crippen molar-refractivity contribution in [2.45, 2.75) is 6.92 Å². The molecule has 0 aliphatic heterocycles. The molecule has 1 aromatic heterocycles. The molecule has 3 nitrogen and oxygen atoms in total. The van der Waals surface area contributed by atoms with Gasteiger partial charge in [-0.2, -0.15) is 0 Å². The Bertz CT molecular complexity index is 895. The monoisotopic (exact) mass is 354 g/mol. The summed E-state index contributed by atoms with van der Waals surface area (Å²) in [7, 11) is 0. The highest BCUT2D eigenvalue weighted by atomic mass is 35.5. The Hall–Kier alpha value is -1.69. The molecule has 0 fully saturated rings. The molecule has 0 aliphatic carbocycles. The third-order valence-electron chi connectivity index (χ3n) is 3.14. The van der Waals surface area contributed by atoms with Crippen LogP contribution in [0.1, 0.15) is 15.9 Å². The van der Waals surface area contributed by atoms with Crippen molar-refractivity contribution in [2.75, 3.05) is 5.32 Å². The molecule has 0 saturated carbocycles. The molecular weight excluding hydrogens is 346 g/mol. The molecule has 0 spiro atoms. The number of nitrogens with zero attached hydrogens (tertiary/aromatic N) is 1. The first-order valence-electron chi connectivity index (χ1n) is 6.28. The van der Waals surface area contributed by atoms with Gasteiger partial charge in [0.2, 0.25) is 0 Å². The van der Waals surface area contributed by atoms with E-state index in [4.69, 9.17) is 23.2 Å². The molecule has 0 saturated heterocycles. The number of aryl methyl sites for hydroxylation is 1. The molecular formula is C15H9Cl2FN2OS. The summed E-state index contributed by atoms with van der Waals surface area (Å²) >= 11 is 13.3. The summed E-state index contributed by atoms with van der Waals surface area (Å²) in [6.07, 6.45) is 0. The number of amides is 1. The van der Waals surface area contributed by atoms with Crippen LogP contribution in [0, 0.1) is 12.7 Å². The average molecular weight is 355 g/mol. The fraction of sp³-hybridized carbons (Fsp3) is 0.0667. The lowest BCUT2D eigenvalue weighted by molar-refractivity contribution is 0.102. The maximum atomic E-state index is 13.0. The van der Waals surface area contributed by atoms with Crippen molar-refractivity contribution < 1.29 is 9.18 Å². The number of fused-ring (bicyclic) bond motifs is 1. The van der Waals surface area contributed by atoms with Crippen molar-refractivity contribution in [1.82, 2.24) is 4.98 Å². The second-order valence-electron chi connectivity index (χ2n) is 4.62. The highest BCUT2D eigenvalue weighted by Crippen LogP contribution is 2.32. The zero-order chi connectivity index (χ0) is 15.9. The Kier molecular flexibility index (Phi) is 4.04. The Morgan fingerprint density at radius 1 is 1.23 bits per heavy atom. The minimum Gasteiger partial charge on any atom is -0.298 e. The van der Waals surface area contributed by atoms with Crippen LogP contribution in [0.3, 0.4) is 0 Å². The SMILES string of the molecule is Cc1c(Cl)ccc2sc(NC(=O)c3ccc(F)cc3Cl)nc12. The number of hydrogen-bond donors (Lipinski definition) is 1. The summed E-state index contributed by atoms with van der Waals surface area (Å²) in [4.78, 5) is 16.6. The molecule has 3 aromatic rings. The standard InChI is InChI=1S/C15H9Cl2FN2OS/c1-7-10(16)4-5-12-13(7)19-15(22-12)20-14(21)9-3-2-8(18)6-11(9)17/h2-6H,1H3,(H,19,20,21). The van der Waals surface area contributed by atoms with Crippen LogP contribution in [0.25, 0.3) is 10.2 Å². The minimum absolute atomic E-state index is 0.0536. The number of nitrogens with one attached hydrogen (secondary N) is 1. The molecule has 2 aromatic carbocycles. The molecule has 0 aliphatic rings. The second-order valence-corrected chi connectivity index (χ2v) is 6.46. The summed E-state index contributed by atoms with van der Waals surface area (Å²) in [6, 6.07) is 7.26. The van der Waals surface area contributed by atoms with Gasteiger partial charge in [0, 0.05) is 5.02 Å². The van der Waals surface area contributed by atoms with E-state index in [0.29, 0.717) is 10.2 Å². The number of hydrogen-bond acceptors (Lipinski definition) is 3. The van der Waals surface area contributed by atoms with Crippen molar-refractivity contribution in [3.63, 3.8) is 0 Å². The molecule has 7 heteroatoms. The van der Waals surface area contributed by atoms with Crippen LogP contribution in [-0.4, -0.2) is 10.9 Å². The number of aromatic nitrogens is 1. The van der Waals surface area contributed by atoms with Gasteiger partial charge >= 0.3 is 0 Å². The van der Waals surface area contributed by atoms with E-state index >= 15 is 0 Å². The fourth-order valence-electron chi connectivity index (χ4n) is 1.99. The topological polar surface area (TPSA) is 42.0 Å². The summed E-state index contributed by atoms with van der Waals surface area (Å²) in [5, 5.41) is 3.79. The highest BCUT2D eigenvalue weighted by molar-refractivity contribution is 7.22. The number of carbonyl (C=O) groups is 1. The van der Waals surface area contributed by atoms with Crippen LogP contribution in [-0.2, 0) is 0 Å². The van der Waals surface area contributed by atoms with Crippen LogP contribution in [0.4, 0.5) is 9.52 Å². The number of carbonyl (C=O) groups excluding carboxylic acids is 1. The third-order valence-corrected chi connectivity index (χ3v) is 4.80. The average Bonchev–Trinajstić information content (AvgIpc) is 2.86. The van der Waals surface area contributed by atoms with Gasteiger partial charge in [0.05, 0.1) is 20.8 Å². The molecule has 1 N–H and O–H groups in total. The maximum Gasteiger partial charge on any atom is 0.258 e. The number of thiazole rings is 1. The zero-order valence-electron chi connectivity index (χ0n) is 11.3. The first-order chi connectivity index (χ1) is 10.5. The van der Waals surface area contributed by atoms with Gasteiger partial charge in [-0.25, -0.2) is 9.37 Å². The van der Waals surface area contributed by atoms with Gasteiger partial charge in [-0.3, -0.25) is 10.1 Å².